The highest BCUT2D eigenvalue weighted by molar-refractivity contribution is 5.86. The number of carbonyl (C=O) groups is 3. The second-order valence-electron chi connectivity index (χ2n) is 6.72. The Bertz CT molecular complexity index is 672. The molecular formula is C19H24N2O6. The number of carboxylic acids is 1. The van der Waals surface area contributed by atoms with Gasteiger partial charge in [-0.1, -0.05) is 18.2 Å². The molecule has 2 saturated heterocycles. The van der Waals surface area contributed by atoms with E-state index in [1.165, 1.54) is 4.90 Å². The Kier molecular flexibility index (Phi) is 6.28. The van der Waals surface area contributed by atoms with Gasteiger partial charge in [0, 0.05) is 25.6 Å². The van der Waals surface area contributed by atoms with Crippen LogP contribution in [0.1, 0.15) is 12.8 Å². The highest BCUT2D eigenvalue weighted by Crippen LogP contribution is 2.22. The fraction of sp³-hybridized carbons (Fsp3) is 0.526. The molecule has 0 radical (unpaired) electrons. The Morgan fingerprint density at radius 3 is 2.48 bits per heavy atom. The summed E-state index contributed by atoms with van der Waals surface area (Å²) in [6.07, 6.45) is 1.05. The number of rotatable bonds is 5. The summed E-state index contributed by atoms with van der Waals surface area (Å²) >= 11 is 0. The average Bonchev–Trinajstić information content (AvgIpc) is 2.72. The molecule has 0 aromatic heterocycles. The Labute approximate surface area is 157 Å². The first kappa shape index (κ1) is 19.2. The van der Waals surface area contributed by atoms with Crippen molar-refractivity contribution >= 4 is 17.8 Å². The predicted octanol–water partition coefficient (Wildman–Crippen LogP) is 0.616. The number of carboxylic acid groups (broad SMARTS) is 1. The smallest absolute Gasteiger partial charge is 0.328 e. The van der Waals surface area contributed by atoms with Gasteiger partial charge in [-0.05, 0) is 25.0 Å². The van der Waals surface area contributed by atoms with Crippen LogP contribution in [0.3, 0.4) is 0 Å². The largest absolute Gasteiger partial charge is 0.484 e. The summed E-state index contributed by atoms with van der Waals surface area (Å²) in [5.41, 5.74) is 0. The minimum Gasteiger partial charge on any atom is -0.484 e. The number of likely N-dealkylation sites (tertiary alicyclic amines) is 1. The Balaban J connectivity index is 1.48. The Morgan fingerprint density at radius 2 is 1.81 bits per heavy atom. The number of hydrogen-bond acceptors (Lipinski definition) is 5. The molecule has 8 nitrogen and oxygen atoms in total. The maximum atomic E-state index is 12.7. The number of nitrogens with zero attached hydrogens (tertiary/aromatic N) is 2. The van der Waals surface area contributed by atoms with Gasteiger partial charge >= 0.3 is 5.97 Å². The number of hydrogen-bond donors (Lipinski definition) is 1. The predicted molar refractivity (Wildman–Crippen MR) is 95.2 cm³/mol. The van der Waals surface area contributed by atoms with E-state index in [0.717, 1.165) is 0 Å². The molecule has 1 aromatic carbocycles. The van der Waals surface area contributed by atoms with Gasteiger partial charge in [0.25, 0.3) is 5.91 Å². The summed E-state index contributed by atoms with van der Waals surface area (Å²) in [5, 5.41) is 9.28. The number of morpholine rings is 1. The number of aliphatic carboxylic acids is 1. The lowest BCUT2D eigenvalue weighted by atomic mass is 9.94. The van der Waals surface area contributed by atoms with E-state index in [1.807, 2.05) is 18.2 Å². The lowest BCUT2D eigenvalue weighted by Gasteiger charge is -2.38. The number of amides is 2. The van der Waals surface area contributed by atoms with Crippen molar-refractivity contribution in [2.24, 2.45) is 5.92 Å². The van der Waals surface area contributed by atoms with Gasteiger partial charge in [-0.15, -0.1) is 0 Å². The second kappa shape index (κ2) is 8.85. The number of para-hydroxylation sites is 1. The van der Waals surface area contributed by atoms with E-state index >= 15 is 0 Å². The lowest BCUT2D eigenvalue weighted by Crippen LogP contribution is -2.55. The molecule has 2 aliphatic heterocycles. The molecule has 1 unspecified atom stereocenters. The molecule has 1 atom stereocenters. The highest BCUT2D eigenvalue weighted by atomic mass is 16.5. The second-order valence-corrected chi connectivity index (χ2v) is 6.72. The summed E-state index contributed by atoms with van der Waals surface area (Å²) in [7, 11) is 0. The zero-order chi connectivity index (χ0) is 19.2. The first-order valence-electron chi connectivity index (χ1n) is 9.13. The maximum Gasteiger partial charge on any atom is 0.328 e. The van der Waals surface area contributed by atoms with Crippen LogP contribution in [0.2, 0.25) is 0 Å². The number of carbonyl (C=O) groups excluding carboxylic acids is 2. The van der Waals surface area contributed by atoms with Gasteiger partial charge in [-0.3, -0.25) is 9.59 Å². The van der Waals surface area contributed by atoms with Gasteiger partial charge in [0.1, 0.15) is 5.75 Å². The van der Waals surface area contributed by atoms with Crippen molar-refractivity contribution in [1.29, 1.82) is 0 Å². The van der Waals surface area contributed by atoms with Crippen molar-refractivity contribution < 1.29 is 29.0 Å². The SMILES string of the molecule is O=C(O)C1COCCN1C(=O)C1CCN(C(=O)COc2ccccc2)CC1. The summed E-state index contributed by atoms with van der Waals surface area (Å²) in [5.74, 6) is -0.932. The molecule has 1 N–H and O–H groups in total. The molecule has 2 aliphatic rings. The van der Waals surface area contributed by atoms with E-state index in [4.69, 9.17) is 9.47 Å². The van der Waals surface area contributed by atoms with E-state index in [1.54, 1.807) is 17.0 Å². The molecule has 27 heavy (non-hydrogen) atoms. The van der Waals surface area contributed by atoms with Crippen molar-refractivity contribution in [3.05, 3.63) is 30.3 Å². The molecule has 146 valence electrons. The van der Waals surface area contributed by atoms with Crippen molar-refractivity contribution in [3.63, 3.8) is 0 Å². The minimum absolute atomic E-state index is 0.0230. The highest BCUT2D eigenvalue weighted by Gasteiger charge is 2.37. The van der Waals surface area contributed by atoms with Gasteiger partial charge in [-0.2, -0.15) is 0 Å². The third kappa shape index (κ3) is 4.77. The van der Waals surface area contributed by atoms with Crippen molar-refractivity contribution in [2.75, 3.05) is 39.5 Å². The summed E-state index contributed by atoms with van der Waals surface area (Å²) < 4.78 is 10.7. The molecule has 2 amide bonds. The van der Waals surface area contributed by atoms with Crippen LogP contribution in [0.5, 0.6) is 5.75 Å². The number of benzene rings is 1. The van der Waals surface area contributed by atoms with Crippen LogP contribution in [0.15, 0.2) is 30.3 Å². The fourth-order valence-corrected chi connectivity index (χ4v) is 3.44. The lowest BCUT2D eigenvalue weighted by molar-refractivity contribution is -0.161. The Hall–Kier alpha value is -2.61. The monoisotopic (exact) mass is 376 g/mol. The molecular weight excluding hydrogens is 352 g/mol. The van der Waals surface area contributed by atoms with Crippen LogP contribution >= 0.6 is 0 Å². The average molecular weight is 376 g/mol. The molecule has 8 heteroatoms. The normalized spacial score (nSPS) is 21.0. The molecule has 2 fully saturated rings. The van der Waals surface area contributed by atoms with E-state index < -0.39 is 12.0 Å². The van der Waals surface area contributed by atoms with Crippen LogP contribution in [0.4, 0.5) is 0 Å². The topological polar surface area (TPSA) is 96.4 Å². The first-order valence-corrected chi connectivity index (χ1v) is 9.13. The molecule has 0 saturated carbocycles. The van der Waals surface area contributed by atoms with Gasteiger partial charge in [0.15, 0.2) is 12.6 Å². The van der Waals surface area contributed by atoms with Gasteiger partial charge in [0.2, 0.25) is 5.91 Å². The van der Waals surface area contributed by atoms with E-state index in [2.05, 4.69) is 0 Å². The van der Waals surface area contributed by atoms with E-state index in [0.29, 0.717) is 44.8 Å². The van der Waals surface area contributed by atoms with Crippen LogP contribution in [-0.2, 0) is 19.1 Å². The summed E-state index contributed by atoms with van der Waals surface area (Å²) in [4.78, 5) is 39.5. The molecule has 2 heterocycles. The van der Waals surface area contributed by atoms with Crippen molar-refractivity contribution in [3.8, 4) is 5.75 Å². The van der Waals surface area contributed by atoms with Crippen molar-refractivity contribution in [1.82, 2.24) is 9.80 Å². The number of ether oxygens (including phenoxy) is 2. The zero-order valence-electron chi connectivity index (χ0n) is 15.1. The van der Waals surface area contributed by atoms with E-state index in [9.17, 15) is 19.5 Å². The molecule has 3 rings (SSSR count). The first-order chi connectivity index (χ1) is 13.1. The molecule has 0 spiro atoms. The van der Waals surface area contributed by atoms with Crippen LogP contribution in [0, 0.1) is 5.92 Å². The van der Waals surface area contributed by atoms with Gasteiger partial charge in [-0.25, -0.2) is 4.79 Å². The third-order valence-corrected chi connectivity index (χ3v) is 5.00. The summed E-state index contributed by atoms with van der Waals surface area (Å²) in [6.45, 7) is 1.57. The third-order valence-electron chi connectivity index (χ3n) is 5.00. The van der Waals surface area contributed by atoms with Gasteiger partial charge < -0.3 is 24.4 Å². The van der Waals surface area contributed by atoms with E-state index in [-0.39, 0.29) is 30.9 Å². The standard InChI is InChI=1S/C19H24N2O6/c22-17(13-27-15-4-2-1-3-5-15)20-8-6-14(7-9-20)18(23)21-10-11-26-12-16(21)19(24)25/h1-5,14,16H,6-13H2,(H,24,25). The summed E-state index contributed by atoms with van der Waals surface area (Å²) in [6, 6.07) is 8.21. The maximum absolute atomic E-state index is 12.7. The van der Waals surface area contributed by atoms with Gasteiger partial charge in [0.05, 0.1) is 13.2 Å². The zero-order valence-corrected chi connectivity index (χ0v) is 15.1. The van der Waals surface area contributed by atoms with Crippen LogP contribution in [0.25, 0.3) is 0 Å². The fourth-order valence-electron chi connectivity index (χ4n) is 3.44. The van der Waals surface area contributed by atoms with Crippen LogP contribution in [-0.4, -0.2) is 78.2 Å². The minimum atomic E-state index is -1.05. The van der Waals surface area contributed by atoms with Crippen LogP contribution < -0.4 is 4.74 Å². The van der Waals surface area contributed by atoms with Crippen molar-refractivity contribution in [2.45, 2.75) is 18.9 Å². The molecule has 1 aromatic rings. The molecule has 0 bridgehead atoms. The number of piperidine rings is 1. The Morgan fingerprint density at radius 1 is 1.11 bits per heavy atom. The molecule has 0 aliphatic carbocycles. The quantitative estimate of drug-likeness (QED) is 0.809.